The van der Waals surface area contributed by atoms with Crippen molar-refractivity contribution in [3.05, 3.63) is 17.0 Å². The molecule has 0 aliphatic rings. The van der Waals surface area contributed by atoms with Gasteiger partial charge in [-0.25, -0.2) is 9.36 Å². The van der Waals surface area contributed by atoms with Crippen molar-refractivity contribution in [1.82, 2.24) is 20.0 Å². The Bertz CT molecular complexity index is 830. The predicted octanol–water partition coefficient (Wildman–Crippen LogP) is 2.42. The number of hydrogen-bond donors (Lipinski definition) is 1. The Hall–Kier alpha value is -1.91. The van der Waals surface area contributed by atoms with Gasteiger partial charge in [0.2, 0.25) is 5.52 Å². The van der Waals surface area contributed by atoms with Crippen LogP contribution in [-0.4, -0.2) is 20.0 Å². The van der Waals surface area contributed by atoms with Gasteiger partial charge in [0.1, 0.15) is 5.52 Å². The summed E-state index contributed by atoms with van der Waals surface area (Å²) in [4.78, 5) is 6.63. The van der Waals surface area contributed by atoms with Crippen molar-refractivity contribution in [2.75, 3.05) is 0 Å². The fourth-order valence-corrected chi connectivity index (χ4v) is 2.71. The highest BCUT2D eigenvalue weighted by Crippen LogP contribution is 2.28. The molecule has 5 nitrogen and oxygen atoms in total. The SMILES string of the molecule is Cc1c2nc(C)[n+](C)c2c(C)c2nn(C(C)(C)C)[nH]c12. The van der Waals surface area contributed by atoms with Crippen LogP contribution in [0.5, 0.6) is 0 Å². The van der Waals surface area contributed by atoms with Crippen molar-refractivity contribution in [2.45, 2.75) is 47.1 Å². The third-order valence-electron chi connectivity index (χ3n) is 4.05. The quantitative estimate of drug-likeness (QED) is 0.639. The Labute approximate surface area is 118 Å². The van der Waals surface area contributed by atoms with Gasteiger partial charge in [0, 0.05) is 18.1 Å². The van der Waals surface area contributed by atoms with E-state index in [2.05, 4.69) is 51.3 Å². The first-order chi connectivity index (χ1) is 9.21. The molecule has 3 aromatic rings. The van der Waals surface area contributed by atoms with Gasteiger partial charge in [-0.3, -0.25) is 5.10 Å². The Morgan fingerprint density at radius 1 is 1.05 bits per heavy atom. The van der Waals surface area contributed by atoms with E-state index >= 15 is 0 Å². The molecule has 1 aromatic carbocycles. The number of aromatic nitrogens is 5. The van der Waals surface area contributed by atoms with E-state index in [0.717, 1.165) is 22.4 Å². The van der Waals surface area contributed by atoms with Gasteiger partial charge in [-0.1, -0.05) is 0 Å². The Balaban J connectivity index is 2.50. The van der Waals surface area contributed by atoms with Crippen molar-refractivity contribution in [1.29, 1.82) is 0 Å². The minimum Gasteiger partial charge on any atom is -0.279 e. The number of aromatic amines is 1. The van der Waals surface area contributed by atoms with Gasteiger partial charge in [0.05, 0.1) is 18.1 Å². The summed E-state index contributed by atoms with van der Waals surface area (Å²) in [5.41, 5.74) is 6.66. The minimum atomic E-state index is -0.0621. The fraction of sp³-hybridized carbons (Fsp3) is 0.533. The van der Waals surface area contributed by atoms with Crippen LogP contribution in [0.15, 0.2) is 0 Å². The van der Waals surface area contributed by atoms with Crippen LogP contribution in [-0.2, 0) is 12.6 Å². The van der Waals surface area contributed by atoms with Crippen LogP contribution in [0.3, 0.4) is 0 Å². The molecule has 3 rings (SSSR count). The van der Waals surface area contributed by atoms with Crippen molar-refractivity contribution < 1.29 is 4.57 Å². The second kappa shape index (κ2) is 3.81. The summed E-state index contributed by atoms with van der Waals surface area (Å²) in [6.45, 7) is 12.7. The maximum Gasteiger partial charge on any atom is 0.296 e. The maximum absolute atomic E-state index is 4.76. The first-order valence-electron chi connectivity index (χ1n) is 6.96. The van der Waals surface area contributed by atoms with Gasteiger partial charge < -0.3 is 0 Å². The number of benzene rings is 1. The van der Waals surface area contributed by atoms with E-state index in [0.29, 0.717) is 0 Å². The normalized spacial score (nSPS) is 12.8. The average molecular weight is 272 g/mol. The molecule has 2 aromatic heterocycles. The molecule has 5 heteroatoms. The van der Waals surface area contributed by atoms with Gasteiger partial charge >= 0.3 is 0 Å². The van der Waals surface area contributed by atoms with Crippen LogP contribution >= 0.6 is 0 Å². The van der Waals surface area contributed by atoms with Crippen LogP contribution in [0.2, 0.25) is 0 Å². The molecule has 0 amide bonds. The highest BCUT2D eigenvalue weighted by Gasteiger charge is 2.25. The summed E-state index contributed by atoms with van der Waals surface area (Å²) in [7, 11) is 2.06. The van der Waals surface area contributed by atoms with E-state index in [1.54, 1.807) is 0 Å². The lowest BCUT2D eigenvalue weighted by atomic mass is 10.1. The molecule has 0 saturated heterocycles. The zero-order valence-electron chi connectivity index (χ0n) is 13.3. The standard InChI is InChI=1S/C15H21N5/c1-8-11-12(18-20(17-11)15(4,5)6)9(2)14-13(8)16-10(3)19(14)7/h1-7H3/p+1. The monoisotopic (exact) mass is 272 g/mol. The van der Waals surface area contributed by atoms with Gasteiger partial charge in [-0.15, -0.1) is 0 Å². The molecule has 0 atom stereocenters. The van der Waals surface area contributed by atoms with Crippen molar-refractivity contribution in [2.24, 2.45) is 7.05 Å². The van der Waals surface area contributed by atoms with Gasteiger partial charge in [-0.2, -0.15) is 5.10 Å². The summed E-state index contributed by atoms with van der Waals surface area (Å²) >= 11 is 0. The predicted molar refractivity (Wildman–Crippen MR) is 79.8 cm³/mol. The summed E-state index contributed by atoms with van der Waals surface area (Å²) < 4.78 is 2.15. The topological polar surface area (TPSA) is 50.4 Å². The summed E-state index contributed by atoms with van der Waals surface area (Å²) in [5, 5.41) is 8.19. The molecule has 0 saturated carbocycles. The van der Waals surface area contributed by atoms with Crippen molar-refractivity contribution in [3.8, 4) is 0 Å². The van der Waals surface area contributed by atoms with Crippen LogP contribution in [0, 0.1) is 20.8 Å². The number of nitrogens with one attached hydrogen (secondary N) is 1. The molecule has 0 aliphatic carbocycles. The molecule has 0 radical (unpaired) electrons. The van der Waals surface area contributed by atoms with E-state index in [1.807, 2.05) is 11.7 Å². The maximum atomic E-state index is 4.76. The zero-order valence-corrected chi connectivity index (χ0v) is 13.3. The number of H-pyrrole nitrogens is 1. The average Bonchev–Trinajstić information content (AvgIpc) is 2.90. The first kappa shape index (κ1) is 13.1. The Morgan fingerprint density at radius 2 is 1.70 bits per heavy atom. The molecular formula is C15H22N5+. The molecule has 2 heterocycles. The lowest BCUT2D eigenvalue weighted by Crippen LogP contribution is -2.30. The van der Waals surface area contributed by atoms with E-state index in [1.165, 1.54) is 16.6 Å². The molecule has 0 fully saturated rings. The molecule has 106 valence electrons. The Kier molecular flexibility index (Phi) is 2.49. The highest BCUT2D eigenvalue weighted by molar-refractivity contribution is 5.97. The van der Waals surface area contributed by atoms with E-state index in [4.69, 9.17) is 10.1 Å². The number of fused-ring (bicyclic) bond motifs is 2. The number of nitrogens with zero attached hydrogens (tertiary/aromatic N) is 4. The van der Waals surface area contributed by atoms with Gasteiger partial charge in [-0.05, 0) is 39.6 Å². The number of rotatable bonds is 0. The van der Waals surface area contributed by atoms with E-state index in [-0.39, 0.29) is 5.54 Å². The smallest absolute Gasteiger partial charge is 0.279 e. The molecule has 20 heavy (non-hydrogen) atoms. The van der Waals surface area contributed by atoms with Crippen LogP contribution in [0.1, 0.15) is 37.7 Å². The fourth-order valence-electron chi connectivity index (χ4n) is 2.71. The van der Waals surface area contributed by atoms with E-state index in [9.17, 15) is 0 Å². The van der Waals surface area contributed by atoms with E-state index < -0.39 is 0 Å². The summed E-state index contributed by atoms with van der Waals surface area (Å²) in [5.74, 6) is 1.03. The van der Waals surface area contributed by atoms with Crippen molar-refractivity contribution in [3.63, 3.8) is 0 Å². The van der Waals surface area contributed by atoms with Crippen LogP contribution < -0.4 is 4.57 Å². The van der Waals surface area contributed by atoms with Crippen LogP contribution in [0.25, 0.3) is 22.1 Å². The zero-order chi connectivity index (χ0) is 14.8. The second-order valence-electron chi connectivity index (χ2n) is 6.58. The number of aryl methyl sites for hydroxylation is 4. The lowest BCUT2D eigenvalue weighted by molar-refractivity contribution is -0.651. The largest absolute Gasteiger partial charge is 0.296 e. The first-order valence-corrected chi connectivity index (χ1v) is 6.96. The third kappa shape index (κ3) is 1.58. The molecule has 0 bridgehead atoms. The summed E-state index contributed by atoms with van der Waals surface area (Å²) in [6.07, 6.45) is 0. The molecule has 0 aliphatic heterocycles. The van der Waals surface area contributed by atoms with Crippen molar-refractivity contribution >= 4 is 22.1 Å². The molecule has 0 unspecified atom stereocenters. The number of imidazole rings is 1. The molecule has 1 N–H and O–H groups in total. The minimum absolute atomic E-state index is 0.0621. The highest BCUT2D eigenvalue weighted by atomic mass is 15.5. The van der Waals surface area contributed by atoms with Gasteiger partial charge in [0.15, 0.2) is 5.52 Å². The molecular weight excluding hydrogens is 250 g/mol. The van der Waals surface area contributed by atoms with Gasteiger partial charge in [0.25, 0.3) is 5.82 Å². The Morgan fingerprint density at radius 3 is 2.30 bits per heavy atom. The molecule has 0 spiro atoms. The summed E-state index contributed by atoms with van der Waals surface area (Å²) in [6, 6.07) is 0. The number of hydrogen-bond acceptors (Lipinski definition) is 2. The third-order valence-corrected chi connectivity index (χ3v) is 4.05. The van der Waals surface area contributed by atoms with Crippen LogP contribution in [0.4, 0.5) is 0 Å². The second-order valence-corrected chi connectivity index (χ2v) is 6.58. The lowest BCUT2D eigenvalue weighted by Gasteiger charge is -2.17.